The molecular weight excluding hydrogens is 214 g/mol. The largest absolute Gasteiger partial charge is 0.377 e. The molecule has 0 aliphatic heterocycles. The van der Waals surface area contributed by atoms with Crippen molar-refractivity contribution < 1.29 is 4.74 Å². The molecule has 0 aromatic carbocycles. The summed E-state index contributed by atoms with van der Waals surface area (Å²) < 4.78 is 7.95. The van der Waals surface area contributed by atoms with E-state index >= 15 is 0 Å². The minimum absolute atomic E-state index is 0.256. The van der Waals surface area contributed by atoms with Crippen LogP contribution in [-0.2, 0) is 17.7 Å². The summed E-state index contributed by atoms with van der Waals surface area (Å²) in [6.07, 6.45) is 6.09. The van der Waals surface area contributed by atoms with E-state index in [1.807, 2.05) is 26.4 Å². The van der Waals surface area contributed by atoms with Gasteiger partial charge in [-0.2, -0.15) is 0 Å². The Morgan fingerprint density at radius 1 is 1.41 bits per heavy atom. The molecule has 1 rings (SSSR count). The molecule has 2 unspecified atom stereocenters. The van der Waals surface area contributed by atoms with Gasteiger partial charge in [-0.1, -0.05) is 6.92 Å². The summed E-state index contributed by atoms with van der Waals surface area (Å²) in [5, 5.41) is 3.35. The Morgan fingerprint density at radius 2 is 2.18 bits per heavy atom. The highest BCUT2D eigenvalue weighted by molar-refractivity contribution is 4.97. The van der Waals surface area contributed by atoms with Crippen LogP contribution >= 0.6 is 0 Å². The zero-order valence-electron chi connectivity index (χ0n) is 11.4. The van der Waals surface area contributed by atoms with Gasteiger partial charge >= 0.3 is 0 Å². The van der Waals surface area contributed by atoms with Gasteiger partial charge in [0.2, 0.25) is 0 Å². The Labute approximate surface area is 104 Å². The summed E-state index contributed by atoms with van der Waals surface area (Å²) in [4.78, 5) is 4.42. The average molecular weight is 239 g/mol. The summed E-state index contributed by atoms with van der Waals surface area (Å²) in [5.74, 6) is 1.13. The summed E-state index contributed by atoms with van der Waals surface area (Å²) in [7, 11) is 1.99. The first-order valence-corrected chi connectivity index (χ1v) is 6.55. The maximum atomic E-state index is 5.77. The van der Waals surface area contributed by atoms with E-state index in [1.165, 1.54) is 0 Å². The third kappa shape index (κ3) is 3.82. The second-order valence-corrected chi connectivity index (χ2v) is 4.13. The Hall–Kier alpha value is -0.870. The van der Waals surface area contributed by atoms with Crippen LogP contribution in [0.1, 0.15) is 33.0 Å². The zero-order chi connectivity index (χ0) is 12.7. The van der Waals surface area contributed by atoms with E-state index in [4.69, 9.17) is 4.74 Å². The minimum Gasteiger partial charge on any atom is -0.377 e. The highest BCUT2D eigenvalue weighted by Crippen LogP contribution is 2.10. The molecule has 1 N–H and O–H groups in total. The fraction of sp³-hybridized carbons (Fsp3) is 0.769. The predicted octanol–water partition coefficient (Wildman–Crippen LogP) is 1.85. The fourth-order valence-corrected chi connectivity index (χ4v) is 2.17. The highest BCUT2D eigenvalue weighted by Gasteiger charge is 2.20. The maximum Gasteiger partial charge on any atom is 0.110 e. The molecule has 0 fully saturated rings. The van der Waals surface area contributed by atoms with Crippen LogP contribution in [0, 0.1) is 0 Å². The maximum absolute atomic E-state index is 5.77. The van der Waals surface area contributed by atoms with Gasteiger partial charge in [0.1, 0.15) is 5.82 Å². The summed E-state index contributed by atoms with van der Waals surface area (Å²) >= 11 is 0. The van der Waals surface area contributed by atoms with Gasteiger partial charge in [0.05, 0.1) is 6.10 Å². The van der Waals surface area contributed by atoms with Crippen LogP contribution in [-0.4, -0.2) is 35.4 Å². The van der Waals surface area contributed by atoms with Gasteiger partial charge in [0.25, 0.3) is 0 Å². The molecule has 0 aliphatic rings. The van der Waals surface area contributed by atoms with Crippen molar-refractivity contribution in [3.63, 3.8) is 0 Å². The third-order valence-electron chi connectivity index (χ3n) is 3.15. The monoisotopic (exact) mass is 239 g/mol. The van der Waals surface area contributed by atoms with Crippen molar-refractivity contribution >= 4 is 0 Å². The van der Waals surface area contributed by atoms with E-state index in [-0.39, 0.29) is 6.10 Å². The topological polar surface area (TPSA) is 39.1 Å². The van der Waals surface area contributed by atoms with Gasteiger partial charge in [-0.3, -0.25) is 0 Å². The molecule has 0 saturated carbocycles. The molecular formula is C13H25N3O. The number of nitrogens with one attached hydrogen (secondary N) is 1. The number of ether oxygens (including phenoxy) is 1. The van der Waals surface area contributed by atoms with Crippen LogP contribution in [0.15, 0.2) is 12.4 Å². The van der Waals surface area contributed by atoms with Crippen molar-refractivity contribution in [3.8, 4) is 0 Å². The molecule has 0 saturated heterocycles. The van der Waals surface area contributed by atoms with Crippen LogP contribution in [0.5, 0.6) is 0 Å². The van der Waals surface area contributed by atoms with Gasteiger partial charge < -0.3 is 14.6 Å². The minimum atomic E-state index is 0.256. The SMILES string of the molecule is CCOC(CC)C(Cc1nccn1CC)NC. The Bertz CT molecular complexity index is 311. The molecule has 0 radical (unpaired) electrons. The molecule has 0 aliphatic carbocycles. The average Bonchev–Trinajstić information content (AvgIpc) is 2.80. The normalized spacial score (nSPS) is 14.8. The predicted molar refractivity (Wildman–Crippen MR) is 70.2 cm³/mol. The van der Waals surface area contributed by atoms with E-state index in [9.17, 15) is 0 Å². The van der Waals surface area contributed by atoms with Crippen LogP contribution in [0.25, 0.3) is 0 Å². The number of likely N-dealkylation sites (N-methyl/N-ethyl adjacent to an activating group) is 1. The first kappa shape index (κ1) is 14.2. The van der Waals surface area contributed by atoms with E-state index < -0.39 is 0 Å². The molecule has 1 aromatic rings. The lowest BCUT2D eigenvalue weighted by atomic mass is 10.0. The number of aryl methyl sites for hydroxylation is 1. The lowest BCUT2D eigenvalue weighted by molar-refractivity contribution is 0.0332. The Kier molecular flexibility index (Phi) is 6.22. The number of rotatable bonds is 8. The third-order valence-corrected chi connectivity index (χ3v) is 3.15. The molecule has 17 heavy (non-hydrogen) atoms. The number of imidazole rings is 1. The molecule has 4 nitrogen and oxygen atoms in total. The molecule has 98 valence electrons. The lowest BCUT2D eigenvalue weighted by Crippen LogP contribution is -2.41. The van der Waals surface area contributed by atoms with E-state index in [2.05, 4.69) is 28.7 Å². The second kappa shape index (κ2) is 7.45. The number of hydrogen-bond acceptors (Lipinski definition) is 3. The second-order valence-electron chi connectivity index (χ2n) is 4.13. The highest BCUT2D eigenvalue weighted by atomic mass is 16.5. The number of aromatic nitrogens is 2. The van der Waals surface area contributed by atoms with E-state index in [0.717, 1.165) is 31.8 Å². The summed E-state index contributed by atoms with van der Waals surface area (Å²) in [6.45, 7) is 8.08. The van der Waals surface area contributed by atoms with Gasteiger partial charge in [0.15, 0.2) is 0 Å². The van der Waals surface area contributed by atoms with Crippen molar-refractivity contribution in [1.82, 2.24) is 14.9 Å². The van der Waals surface area contributed by atoms with Crippen molar-refractivity contribution in [2.45, 2.75) is 52.3 Å². The van der Waals surface area contributed by atoms with Crippen LogP contribution in [0.2, 0.25) is 0 Å². The Balaban J connectivity index is 2.68. The van der Waals surface area contributed by atoms with Crippen LogP contribution in [0.3, 0.4) is 0 Å². The van der Waals surface area contributed by atoms with Crippen molar-refractivity contribution in [3.05, 3.63) is 18.2 Å². The first-order valence-electron chi connectivity index (χ1n) is 6.55. The van der Waals surface area contributed by atoms with Crippen LogP contribution in [0.4, 0.5) is 0 Å². The molecule has 0 bridgehead atoms. The molecule has 1 aromatic heterocycles. The van der Waals surface area contributed by atoms with Crippen molar-refractivity contribution in [2.24, 2.45) is 0 Å². The van der Waals surface area contributed by atoms with Crippen molar-refractivity contribution in [1.29, 1.82) is 0 Å². The van der Waals surface area contributed by atoms with E-state index in [0.29, 0.717) is 6.04 Å². The summed E-state index contributed by atoms with van der Waals surface area (Å²) in [6, 6.07) is 0.327. The molecule has 0 spiro atoms. The quantitative estimate of drug-likeness (QED) is 0.752. The number of hydrogen-bond donors (Lipinski definition) is 1. The van der Waals surface area contributed by atoms with E-state index in [1.54, 1.807) is 0 Å². The molecule has 4 heteroatoms. The van der Waals surface area contributed by atoms with Gasteiger partial charge in [-0.15, -0.1) is 0 Å². The fourth-order valence-electron chi connectivity index (χ4n) is 2.17. The van der Waals surface area contributed by atoms with Gasteiger partial charge in [0, 0.05) is 38.0 Å². The standard InChI is InChI=1S/C13H25N3O/c1-5-12(17-7-3)11(14-4)10-13-15-8-9-16(13)6-2/h8-9,11-12,14H,5-7,10H2,1-4H3. The van der Waals surface area contributed by atoms with Gasteiger partial charge in [-0.25, -0.2) is 4.98 Å². The van der Waals surface area contributed by atoms with Crippen LogP contribution < -0.4 is 5.32 Å². The molecule has 0 amide bonds. The van der Waals surface area contributed by atoms with Crippen molar-refractivity contribution in [2.75, 3.05) is 13.7 Å². The molecule has 1 heterocycles. The zero-order valence-corrected chi connectivity index (χ0v) is 11.4. The first-order chi connectivity index (χ1) is 8.26. The lowest BCUT2D eigenvalue weighted by Gasteiger charge is -2.25. The smallest absolute Gasteiger partial charge is 0.110 e. The van der Waals surface area contributed by atoms with Gasteiger partial charge in [-0.05, 0) is 27.3 Å². The summed E-state index contributed by atoms with van der Waals surface area (Å²) in [5.41, 5.74) is 0. The Morgan fingerprint density at radius 3 is 2.71 bits per heavy atom. The number of nitrogens with zero attached hydrogens (tertiary/aromatic N) is 2. The molecule has 2 atom stereocenters.